The number of rotatable bonds is 12. The molecule has 0 bridgehead atoms. The highest BCUT2D eigenvalue weighted by Crippen LogP contribution is 2.15. The van der Waals surface area contributed by atoms with E-state index in [1.165, 1.54) is 4.90 Å². The molecule has 0 unspecified atom stereocenters. The molecule has 2 aromatic rings. The van der Waals surface area contributed by atoms with Gasteiger partial charge in [0.15, 0.2) is 0 Å². The van der Waals surface area contributed by atoms with Crippen molar-refractivity contribution in [2.75, 3.05) is 31.6 Å². The Bertz CT molecular complexity index is 908. The molecule has 2 aromatic carbocycles. The van der Waals surface area contributed by atoms with Crippen molar-refractivity contribution < 1.29 is 19.1 Å². The molecule has 178 valence electrons. The van der Waals surface area contributed by atoms with Gasteiger partial charge in [-0.25, -0.2) is 0 Å². The number of hydrogen-bond acceptors (Lipinski definition) is 4. The first-order valence-electron chi connectivity index (χ1n) is 11.4. The van der Waals surface area contributed by atoms with Crippen LogP contribution in [-0.2, 0) is 9.59 Å². The molecule has 7 heteroatoms. The average molecular weight is 454 g/mol. The third-order valence-corrected chi connectivity index (χ3v) is 4.86. The van der Waals surface area contributed by atoms with Crippen LogP contribution in [0.2, 0.25) is 0 Å². The number of amides is 3. The van der Waals surface area contributed by atoms with Gasteiger partial charge in [-0.2, -0.15) is 0 Å². The standard InChI is InChI=1S/C26H35N3O4/c1-5-6-15-33-23-13-9-21(10-14-23)26(32)29(17-19(2)3)18-25(31)27-16-24(30)28-22-11-7-20(4)8-12-22/h7-14,19H,5-6,15-18H2,1-4H3,(H,27,31)(H,28,30). The number of benzene rings is 2. The fourth-order valence-electron chi connectivity index (χ4n) is 3.12. The molecule has 2 N–H and O–H groups in total. The third kappa shape index (κ3) is 9.35. The lowest BCUT2D eigenvalue weighted by molar-refractivity contribution is -0.124. The Morgan fingerprint density at radius 2 is 1.64 bits per heavy atom. The van der Waals surface area contributed by atoms with Gasteiger partial charge in [0.05, 0.1) is 19.7 Å². The SMILES string of the molecule is CCCCOc1ccc(C(=O)N(CC(=O)NCC(=O)Nc2ccc(C)cc2)CC(C)C)cc1. The van der Waals surface area contributed by atoms with Gasteiger partial charge in [0.25, 0.3) is 5.91 Å². The van der Waals surface area contributed by atoms with Crippen molar-refractivity contribution >= 4 is 23.4 Å². The number of carbonyl (C=O) groups is 3. The van der Waals surface area contributed by atoms with E-state index in [0.29, 0.717) is 30.2 Å². The van der Waals surface area contributed by atoms with Gasteiger partial charge in [0.2, 0.25) is 11.8 Å². The molecular formula is C26H35N3O4. The summed E-state index contributed by atoms with van der Waals surface area (Å²) in [5.74, 6) is -0.0470. The van der Waals surface area contributed by atoms with Gasteiger partial charge < -0.3 is 20.3 Å². The van der Waals surface area contributed by atoms with Crippen molar-refractivity contribution in [3.63, 3.8) is 0 Å². The van der Waals surface area contributed by atoms with Crippen LogP contribution >= 0.6 is 0 Å². The maximum Gasteiger partial charge on any atom is 0.254 e. The van der Waals surface area contributed by atoms with Gasteiger partial charge in [0, 0.05) is 17.8 Å². The quantitative estimate of drug-likeness (QED) is 0.475. The van der Waals surface area contributed by atoms with Crippen molar-refractivity contribution in [2.24, 2.45) is 5.92 Å². The number of hydrogen-bond donors (Lipinski definition) is 2. The molecule has 0 aliphatic carbocycles. The van der Waals surface area contributed by atoms with E-state index < -0.39 is 0 Å². The van der Waals surface area contributed by atoms with Crippen LogP contribution in [0.5, 0.6) is 5.75 Å². The van der Waals surface area contributed by atoms with Crippen LogP contribution in [0.4, 0.5) is 5.69 Å². The fourth-order valence-corrected chi connectivity index (χ4v) is 3.12. The number of nitrogens with zero attached hydrogens (tertiary/aromatic N) is 1. The van der Waals surface area contributed by atoms with Gasteiger partial charge in [-0.3, -0.25) is 14.4 Å². The van der Waals surface area contributed by atoms with Gasteiger partial charge in [-0.05, 0) is 55.7 Å². The zero-order valence-corrected chi connectivity index (χ0v) is 20.0. The summed E-state index contributed by atoms with van der Waals surface area (Å²) in [6.07, 6.45) is 2.03. The topological polar surface area (TPSA) is 87.7 Å². The molecule has 0 fully saturated rings. The fraction of sp³-hybridized carbons (Fsp3) is 0.423. The third-order valence-electron chi connectivity index (χ3n) is 4.86. The summed E-state index contributed by atoms with van der Waals surface area (Å²) in [5, 5.41) is 5.33. The van der Waals surface area contributed by atoms with Gasteiger partial charge in [-0.1, -0.05) is 44.9 Å². The Kier molecular flexibility index (Phi) is 10.4. The van der Waals surface area contributed by atoms with Crippen LogP contribution < -0.4 is 15.4 Å². The number of ether oxygens (including phenoxy) is 1. The Morgan fingerprint density at radius 1 is 0.970 bits per heavy atom. The Balaban J connectivity index is 1.91. The van der Waals surface area contributed by atoms with E-state index in [-0.39, 0.29) is 36.7 Å². The molecule has 0 saturated carbocycles. The second kappa shape index (κ2) is 13.3. The number of aryl methyl sites for hydroxylation is 1. The summed E-state index contributed by atoms with van der Waals surface area (Å²) in [4.78, 5) is 39.1. The second-order valence-electron chi connectivity index (χ2n) is 8.50. The first kappa shape index (κ1) is 25.9. The average Bonchev–Trinajstić information content (AvgIpc) is 2.79. The second-order valence-corrected chi connectivity index (χ2v) is 8.50. The lowest BCUT2D eigenvalue weighted by Crippen LogP contribution is -2.44. The number of unbranched alkanes of at least 4 members (excludes halogenated alkanes) is 1. The molecular weight excluding hydrogens is 418 g/mol. The number of anilines is 1. The molecule has 7 nitrogen and oxygen atoms in total. The van der Waals surface area contributed by atoms with Crippen molar-refractivity contribution in [2.45, 2.75) is 40.5 Å². The Hall–Kier alpha value is -3.35. The van der Waals surface area contributed by atoms with Crippen molar-refractivity contribution in [3.8, 4) is 5.75 Å². The monoisotopic (exact) mass is 453 g/mol. The van der Waals surface area contributed by atoms with Gasteiger partial charge in [-0.15, -0.1) is 0 Å². The van der Waals surface area contributed by atoms with Crippen LogP contribution in [0.3, 0.4) is 0 Å². The molecule has 0 heterocycles. The van der Waals surface area contributed by atoms with Crippen LogP contribution in [0.25, 0.3) is 0 Å². The summed E-state index contributed by atoms with van der Waals surface area (Å²) < 4.78 is 5.65. The van der Waals surface area contributed by atoms with Crippen molar-refractivity contribution in [1.82, 2.24) is 10.2 Å². The minimum atomic E-state index is -0.387. The molecule has 0 aliphatic heterocycles. The number of carbonyl (C=O) groups excluding carboxylic acids is 3. The highest BCUT2D eigenvalue weighted by molar-refractivity contribution is 5.98. The van der Waals surface area contributed by atoms with E-state index >= 15 is 0 Å². The van der Waals surface area contributed by atoms with Crippen LogP contribution in [0.15, 0.2) is 48.5 Å². The molecule has 0 saturated heterocycles. The Labute approximate surface area is 196 Å². The zero-order chi connectivity index (χ0) is 24.2. The molecule has 2 rings (SSSR count). The van der Waals surface area contributed by atoms with E-state index in [0.717, 1.165) is 18.4 Å². The molecule has 33 heavy (non-hydrogen) atoms. The normalized spacial score (nSPS) is 10.6. The highest BCUT2D eigenvalue weighted by atomic mass is 16.5. The summed E-state index contributed by atoms with van der Waals surface area (Å²) in [5.41, 5.74) is 2.25. The van der Waals surface area contributed by atoms with E-state index in [1.54, 1.807) is 36.4 Å². The van der Waals surface area contributed by atoms with E-state index in [9.17, 15) is 14.4 Å². The first-order valence-corrected chi connectivity index (χ1v) is 11.4. The minimum Gasteiger partial charge on any atom is -0.494 e. The largest absolute Gasteiger partial charge is 0.494 e. The predicted molar refractivity (Wildman–Crippen MR) is 130 cm³/mol. The molecule has 0 spiro atoms. The number of nitrogens with one attached hydrogen (secondary N) is 2. The van der Waals surface area contributed by atoms with E-state index in [1.807, 2.05) is 32.9 Å². The van der Waals surface area contributed by atoms with Crippen LogP contribution in [0, 0.1) is 12.8 Å². The molecule has 0 atom stereocenters. The zero-order valence-electron chi connectivity index (χ0n) is 20.0. The molecule has 3 amide bonds. The summed E-state index contributed by atoms with van der Waals surface area (Å²) >= 11 is 0. The minimum absolute atomic E-state index is 0.121. The lowest BCUT2D eigenvalue weighted by atomic mass is 10.1. The predicted octanol–water partition coefficient (Wildman–Crippen LogP) is 4.03. The molecule has 0 aromatic heterocycles. The van der Waals surface area contributed by atoms with Gasteiger partial charge >= 0.3 is 0 Å². The van der Waals surface area contributed by atoms with E-state index in [2.05, 4.69) is 17.6 Å². The van der Waals surface area contributed by atoms with Crippen molar-refractivity contribution in [1.29, 1.82) is 0 Å². The lowest BCUT2D eigenvalue weighted by Gasteiger charge is -2.24. The van der Waals surface area contributed by atoms with Crippen LogP contribution in [-0.4, -0.2) is 48.9 Å². The summed E-state index contributed by atoms with van der Waals surface area (Å²) in [6, 6.07) is 14.4. The van der Waals surface area contributed by atoms with Crippen molar-refractivity contribution in [3.05, 3.63) is 59.7 Å². The smallest absolute Gasteiger partial charge is 0.254 e. The summed E-state index contributed by atoms with van der Waals surface area (Å²) in [7, 11) is 0. The highest BCUT2D eigenvalue weighted by Gasteiger charge is 2.20. The first-order chi connectivity index (χ1) is 15.8. The Morgan fingerprint density at radius 3 is 2.24 bits per heavy atom. The van der Waals surface area contributed by atoms with E-state index in [4.69, 9.17) is 4.74 Å². The maximum absolute atomic E-state index is 13.0. The van der Waals surface area contributed by atoms with Crippen LogP contribution in [0.1, 0.15) is 49.5 Å². The summed E-state index contributed by atoms with van der Waals surface area (Å²) in [6.45, 7) is 8.81. The maximum atomic E-state index is 13.0. The molecule has 0 radical (unpaired) electrons. The molecule has 0 aliphatic rings. The van der Waals surface area contributed by atoms with Gasteiger partial charge in [0.1, 0.15) is 5.75 Å².